The molecule has 2 aliphatic rings. The van der Waals surface area contributed by atoms with E-state index in [9.17, 15) is 9.50 Å². The van der Waals surface area contributed by atoms with Gasteiger partial charge >= 0.3 is 0 Å². The number of benzene rings is 1. The van der Waals surface area contributed by atoms with Crippen molar-refractivity contribution in [2.45, 2.75) is 44.4 Å². The summed E-state index contributed by atoms with van der Waals surface area (Å²) in [5.41, 5.74) is 3.38. The fourth-order valence-electron chi connectivity index (χ4n) is 5.05. The molecule has 1 aromatic carbocycles. The Balaban J connectivity index is 1.47. The minimum atomic E-state index is -0.806. The lowest BCUT2D eigenvalue weighted by atomic mass is 10.0. The second kappa shape index (κ2) is 10.1. The molecule has 0 amide bonds. The van der Waals surface area contributed by atoms with Crippen molar-refractivity contribution in [1.29, 1.82) is 0 Å². The van der Waals surface area contributed by atoms with Gasteiger partial charge in [-0.05, 0) is 56.4 Å². The fraction of sp³-hybridized carbons (Fsp3) is 0.423. The van der Waals surface area contributed by atoms with Crippen LogP contribution >= 0.6 is 0 Å². The van der Waals surface area contributed by atoms with Crippen molar-refractivity contribution in [2.75, 3.05) is 36.6 Å². The number of piperidine rings is 1. The maximum atomic E-state index is 13.9. The van der Waals surface area contributed by atoms with E-state index in [-0.39, 0.29) is 25.1 Å². The number of hydrogen-bond donors (Lipinski definition) is 2. The molecule has 0 spiro atoms. The number of ether oxygens (including phenoxy) is 1. The molecule has 2 aromatic heterocycles. The first-order valence-electron chi connectivity index (χ1n) is 12.1. The number of aromatic nitrogens is 3. The number of aryl methyl sites for hydroxylation is 1. The third-order valence-electron chi connectivity index (χ3n) is 6.77. The molecule has 35 heavy (non-hydrogen) atoms. The molecular weight excluding hydrogens is 449 g/mol. The Morgan fingerprint density at radius 3 is 2.89 bits per heavy atom. The molecule has 1 aliphatic heterocycles. The largest absolute Gasteiger partial charge is 0.491 e. The van der Waals surface area contributed by atoms with Gasteiger partial charge in [-0.2, -0.15) is 0 Å². The van der Waals surface area contributed by atoms with Crippen LogP contribution in [0.4, 0.5) is 15.9 Å². The highest BCUT2D eigenvalue weighted by molar-refractivity contribution is 5.60. The van der Waals surface area contributed by atoms with Crippen LogP contribution < -0.4 is 14.5 Å². The Labute approximate surface area is 204 Å². The van der Waals surface area contributed by atoms with Crippen LogP contribution in [0.2, 0.25) is 0 Å². The highest BCUT2D eigenvalue weighted by Gasteiger charge is 2.35. The quantitative estimate of drug-likeness (QED) is 0.534. The summed E-state index contributed by atoms with van der Waals surface area (Å²) in [7, 11) is 1.96. The van der Waals surface area contributed by atoms with Gasteiger partial charge < -0.3 is 24.7 Å². The molecule has 0 saturated carbocycles. The molecule has 0 bridgehead atoms. The number of fused-ring (bicyclic) bond motifs is 1. The first kappa shape index (κ1) is 23.4. The highest BCUT2D eigenvalue weighted by atomic mass is 19.1. The number of aliphatic hydroxyl groups excluding tert-OH is 2. The van der Waals surface area contributed by atoms with Gasteiger partial charge in [0.05, 0.1) is 12.6 Å². The lowest BCUT2D eigenvalue weighted by Gasteiger charge is -2.44. The first-order valence-corrected chi connectivity index (χ1v) is 12.1. The van der Waals surface area contributed by atoms with Crippen molar-refractivity contribution in [3.05, 3.63) is 59.7 Å². The van der Waals surface area contributed by atoms with Gasteiger partial charge in [0.1, 0.15) is 35.9 Å². The van der Waals surface area contributed by atoms with Crippen molar-refractivity contribution in [2.24, 2.45) is 0 Å². The Bertz CT molecular complexity index is 1190. The van der Waals surface area contributed by atoms with Gasteiger partial charge in [0.15, 0.2) is 5.82 Å². The summed E-state index contributed by atoms with van der Waals surface area (Å²) in [4.78, 5) is 18.1. The summed E-state index contributed by atoms with van der Waals surface area (Å²) in [5, 5.41) is 20.4. The van der Waals surface area contributed by atoms with Gasteiger partial charge in [0.25, 0.3) is 0 Å². The maximum Gasteiger partial charge on any atom is 0.180 e. The zero-order chi connectivity index (χ0) is 24.4. The molecular formula is C26H30FN5O3. The minimum Gasteiger partial charge on any atom is -0.491 e. The molecule has 2 N–H and O–H groups in total. The van der Waals surface area contributed by atoms with E-state index in [0.29, 0.717) is 29.5 Å². The summed E-state index contributed by atoms with van der Waals surface area (Å²) in [6.45, 7) is 0.787. The number of nitrogens with zero attached hydrogens (tertiary/aromatic N) is 5. The van der Waals surface area contributed by atoms with E-state index in [0.717, 1.165) is 49.2 Å². The first-order chi connectivity index (χ1) is 17.0. The molecule has 1 unspecified atom stereocenters. The number of rotatable bonds is 7. The number of halogens is 1. The zero-order valence-corrected chi connectivity index (χ0v) is 19.8. The molecule has 8 nitrogen and oxygen atoms in total. The topological polar surface area (TPSA) is 94.8 Å². The van der Waals surface area contributed by atoms with Crippen LogP contribution in [0.25, 0.3) is 11.5 Å². The summed E-state index contributed by atoms with van der Waals surface area (Å²) in [5.74, 6) is 1.59. The Hall–Kier alpha value is -3.30. The molecule has 184 valence electrons. The highest BCUT2D eigenvalue weighted by Crippen LogP contribution is 2.35. The minimum absolute atomic E-state index is 0.0711. The van der Waals surface area contributed by atoms with Crippen LogP contribution in [-0.2, 0) is 12.8 Å². The van der Waals surface area contributed by atoms with Gasteiger partial charge in [0, 0.05) is 42.8 Å². The molecule has 3 heterocycles. The smallest absolute Gasteiger partial charge is 0.180 e. The van der Waals surface area contributed by atoms with E-state index in [1.807, 2.05) is 18.0 Å². The molecule has 2 atom stereocenters. The van der Waals surface area contributed by atoms with Crippen molar-refractivity contribution >= 4 is 11.5 Å². The SMILES string of the molecule is CN(c1nc(-c2cc(OCCO)ccn2)nc2c1CCC2)[C@H]1CCCN(c2cccc(F)c2)C1O. The summed E-state index contributed by atoms with van der Waals surface area (Å²) >= 11 is 0. The van der Waals surface area contributed by atoms with E-state index in [1.54, 1.807) is 24.4 Å². The van der Waals surface area contributed by atoms with Crippen LogP contribution in [0.1, 0.15) is 30.5 Å². The molecule has 1 fully saturated rings. The average molecular weight is 480 g/mol. The van der Waals surface area contributed by atoms with Crippen molar-refractivity contribution in [1.82, 2.24) is 15.0 Å². The summed E-state index contributed by atoms with van der Waals surface area (Å²) in [6.07, 6.45) is 5.26. The second-order valence-corrected chi connectivity index (χ2v) is 9.01. The zero-order valence-electron chi connectivity index (χ0n) is 19.8. The molecule has 1 aliphatic carbocycles. The second-order valence-electron chi connectivity index (χ2n) is 9.01. The standard InChI is InChI=1S/C26H30FN5O3/c1-31(23-9-4-12-32(26(23)34)18-6-2-5-17(27)15-18)25-20-7-3-8-21(20)29-24(30-25)22-16-19(10-11-28-22)35-14-13-33/h2,5-6,10-11,15-16,23,26,33-34H,3-4,7-9,12-14H2,1H3/t23-,26?/m0/s1. The molecule has 0 radical (unpaired) electrons. The molecule has 5 rings (SSSR count). The van der Waals surface area contributed by atoms with Crippen LogP contribution in [0.3, 0.4) is 0 Å². The maximum absolute atomic E-state index is 13.9. The van der Waals surface area contributed by atoms with E-state index < -0.39 is 6.23 Å². The van der Waals surface area contributed by atoms with Crippen LogP contribution in [0, 0.1) is 5.82 Å². The number of hydrogen-bond acceptors (Lipinski definition) is 8. The van der Waals surface area contributed by atoms with Gasteiger partial charge in [-0.15, -0.1) is 0 Å². The fourth-order valence-corrected chi connectivity index (χ4v) is 5.05. The van der Waals surface area contributed by atoms with E-state index in [2.05, 4.69) is 9.88 Å². The predicted molar refractivity (Wildman–Crippen MR) is 131 cm³/mol. The Morgan fingerprint density at radius 2 is 2.06 bits per heavy atom. The number of likely N-dealkylation sites (N-methyl/N-ethyl adjacent to an activating group) is 1. The molecule has 9 heteroatoms. The molecule has 1 saturated heterocycles. The number of pyridine rings is 1. The van der Waals surface area contributed by atoms with Crippen LogP contribution in [0.15, 0.2) is 42.6 Å². The van der Waals surface area contributed by atoms with E-state index in [4.69, 9.17) is 19.8 Å². The van der Waals surface area contributed by atoms with Crippen LogP contribution in [0.5, 0.6) is 5.75 Å². The lowest BCUT2D eigenvalue weighted by Crippen LogP contribution is -2.55. The molecule has 3 aromatic rings. The Morgan fingerprint density at radius 1 is 1.17 bits per heavy atom. The predicted octanol–water partition coefficient (Wildman–Crippen LogP) is 2.96. The van der Waals surface area contributed by atoms with Gasteiger partial charge in [-0.3, -0.25) is 4.98 Å². The van der Waals surface area contributed by atoms with E-state index >= 15 is 0 Å². The number of aliphatic hydroxyl groups is 2. The lowest BCUT2D eigenvalue weighted by molar-refractivity contribution is 0.115. The Kier molecular flexibility index (Phi) is 6.79. The van der Waals surface area contributed by atoms with Crippen molar-refractivity contribution in [3.63, 3.8) is 0 Å². The normalized spacial score (nSPS) is 19.5. The van der Waals surface area contributed by atoms with Crippen molar-refractivity contribution in [3.8, 4) is 17.3 Å². The summed E-state index contributed by atoms with van der Waals surface area (Å²) in [6, 6.07) is 9.66. The van der Waals surface area contributed by atoms with E-state index in [1.165, 1.54) is 12.1 Å². The van der Waals surface area contributed by atoms with Crippen LogP contribution in [-0.4, -0.2) is 64.2 Å². The third kappa shape index (κ3) is 4.78. The van der Waals surface area contributed by atoms with Crippen molar-refractivity contribution < 1.29 is 19.3 Å². The summed E-state index contributed by atoms with van der Waals surface area (Å²) < 4.78 is 19.4. The third-order valence-corrected chi connectivity index (χ3v) is 6.77. The van der Waals surface area contributed by atoms with Gasteiger partial charge in [0.2, 0.25) is 0 Å². The average Bonchev–Trinajstić information content (AvgIpc) is 3.36. The monoisotopic (exact) mass is 479 g/mol. The van der Waals surface area contributed by atoms with Gasteiger partial charge in [-0.25, -0.2) is 14.4 Å². The van der Waals surface area contributed by atoms with Gasteiger partial charge in [-0.1, -0.05) is 6.07 Å². The number of anilines is 2.